The summed E-state index contributed by atoms with van der Waals surface area (Å²) >= 11 is 0. The number of amides is 2. The van der Waals surface area contributed by atoms with E-state index in [-0.39, 0.29) is 18.7 Å². The predicted octanol–water partition coefficient (Wildman–Crippen LogP) is 1.02. The maximum Gasteiger partial charge on any atom is 0.326 e. The lowest BCUT2D eigenvalue weighted by Crippen LogP contribution is -2.43. The fourth-order valence-electron chi connectivity index (χ4n) is 2.09. The van der Waals surface area contributed by atoms with Crippen LogP contribution in [-0.2, 0) is 4.79 Å². The van der Waals surface area contributed by atoms with Crippen molar-refractivity contribution >= 4 is 17.7 Å². The number of likely N-dealkylation sites (tertiary alicyclic amines) is 1. The van der Waals surface area contributed by atoms with Gasteiger partial charge in [0.2, 0.25) is 0 Å². The van der Waals surface area contributed by atoms with Crippen molar-refractivity contribution in [2.75, 3.05) is 11.9 Å². The molecule has 6 nitrogen and oxygen atoms in total. The highest BCUT2D eigenvalue weighted by molar-refractivity contribution is 5.92. The van der Waals surface area contributed by atoms with Crippen LogP contribution in [0.1, 0.15) is 6.42 Å². The summed E-state index contributed by atoms with van der Waals surface area (Å²) < 4.78 is 26.0. The molecule has 2 amide bonds. The van der Waals surface area contributed by atoms with E-state index in [0.717, 1.165) is 17.0 Å². The van der Waals surface area contributed by atoms with Gasteiger partial charge in [0.1, 0.15) is 17.7 Å². The highest BCUT2D eigenvalue weighted by atomic mass is 19.1. The van der Waals surface area contributed by atoms with Crippen LogP contribution in [0.4, 0.5) is 19.3 Å². The van der Waals surface area contributed by atoms with E-state index in [4.69, 9.17) is 5.11 Å². The number of aliphatic carboxylic acids is 1. The number of nitrogens with one attached hydrogen (secondary N) is 1. The Morgan fingerprint density at radius 2 is 1.85 bits per heavy atom. The molecule has 3 N–H and O–H groups in total. The van der Waals surface area contributed by atoms with Crippen LogP contribution in [0.2, 0.25) is 0 Å². The summed E-state index contributed by atoms with van der Waals surface area (Å²) in [6.07, 6.45) is -1.02. The highest BCUT2D eigenvalue weighted by Crippen LogP contribution is 2.20. The van der Waals surface area contributed by atoms with Crippen LogP contribution in [0.25, 0.3) is 0 Å². The molecule has 1 saturated heterocycles. The fourth-order valence-corrected chi connectivity index (χ4v) is 2.09. The van der Waals surface area contributed by atoms with Gasteiger partial charge in [-0.25, -0.2) is 18.4 Å². The van der Waals surface area contributed by atoms with Crippen molar-refractivity contribution in [1.82, 2.24) is 4.90 Å². The van der Waals surface area contributed by atoms with E-state index < -0.39 is 35.8 Å². The molecule has 0 aliphatic carbocycles. The van der Waals surface area contributed by atoms with E-state index in [9.17, 15) is 23.5 Å². The maximum atomic E-state index is 13.0. The van der Waals surface area contributed by atoms with E-state index in [0.29, 0.717) is 6.07 Å². The molecule has 1 aliphatic heterocycles. The second-order valence-electron chi connectivity index (χ2n) is 4.48. The van der Waals surface area contributed by atoms with Crippen molar-refractivity contribution in [2.45, 2.75) is 18.6 Å². The Labute approximate surface area is 112 Å². The van der Waals surface area contributed by atoms with E-state index in [1.54, 1.807) is 0 Å². The average Bonchev–Trinajstić information content (AvgIpc) is 2.70. The molecule has 0 aromatic heterocycles. The minimum atomic E-state index is -1.25. The second kappa shape index (κ2) is 5.41. The quantitative estimate of drug-likeness (QED) is 0.757. The standard InChI is InChI=1S/C12H12F2N2O4/c13-6-1-7(14)3-8(2-6)15-12(20)16-5-9(17)4-10(16)11(18)19/h1-3,9-10,17H,4-5H2,(H,15,20)(H,18,19)/t9-,10-/m0/s1. The third-order valence-corrected chi connectivity index (χ3v) is 2.94. The van der Waals surface area contributed by atoms with Crippen molar-refractivity contribution < 1.29 is 28.6 Å². The number of hydrogen-bond acceptors (Lipinski definition) is 3. The third-order valence-electron chi connectivity index (χ3n) is 2.94. The van der Waals surface area contributed by atoms with Gasteiger partial charge in [-0.3, -0.25) is 0 Å². The van der Waals surface area contributed by atoms with Crippen LogP contribution in [-0.4, -0.2) is 45.8 Å². The third kappa shape index (κ3) is 3.02. The average molecular weight is 286 g/mol. The van der Waals surface area contributed by atoms with Crippen LogP contribution < -0.4 is 5.32 Å². The molecule has 1 heterocycles. The number of carbonyl (C=O) groups is 2. The number of hydrogen-bond donors (Lipinski definition) is 3. The number of aliphatic hydroxyl groups excluding tert-OH is 1. The molecule has 20 heavy (non-hydrogen) atoms. The van der Waals surface area contributed by atoms with Crippen molar-refractivity contribution in [3.8, 4) is 0 Å². The SMILES string of the molecule is O=C(O)[C@@H]1C[C@H](O)CN1C(=O)Nc1cc(F)cc(F)c1. The van der Waals surface area contributed by atoms with E-state index in [2.05, 4.69) is 5.32 Å². The van der Waals surface area contributed by atoms with Gasteiger partial charge in [-0.05, 0) is 12.1 Å². The molecular weight excluding hydrogens is 274 g/mol. The van der Waals surface area contributed by atoms with Crippen molar-refractivity contribution in [3.63, 3.8) is 0 Å². The number of nitrogens with zero attached hydrogens (tertiary/aromatic N) is 1. The van der Waals surface area contributed by atoms with Gasteiger partial charge >= 0.3 is 12.0 Å². The van der Waals surface area contributed by atoms with Gasteiger partial charge in [-0.1, -0.05) is 0 Å². The van der Waals surface area contributed by atoms with Crippen molar-refractivity contribution in [2.24, 2.45) is 0 Å². The summed E-state index contributed by atoms with van der Waals surface area (Å²) in [4.78, 5) is 23.8. The molecule has 108 valence electrons. The lowest BCUT2D eigenvalue weighted by Gasteiger charge is -2.21. The normalized spacial score (nSPS) is 21.9. The Morgan fingerprint density at radius 1 is 1.25 bits per heavy atom. The lowest BCUT2D eigenvalue weighted by atomic mass is 10.2. The summed E-state index contributed by atoms with van der Waals surface area (Å²) in [5.74, 6) is -2.98. The van der Waals surface area contributed by atoms with Gasteiger partial charge in [0.25, 0.3) is 0 Å². The van der Waals surface area contributed by atoms with Crippen LogP contribution in [0.3, 0.4) is 0 Å². The minimum Gasteiger partial charge on any atom is -0.480 e. The van der Waals surface area contributed by atoms with Crippen molar-refractivity contribution in [3.05, 3.63) is 29.8 Å². The van der Waals surface area contributed by atoms with Crippen LogP contribution in [0.5, 0.6) is 0 Å². The molecule has 1 fully saturated rings. The molecule has 2 atom stereocenters. The molecule has 2 rings (SSSR count). The molecule has 0 bridgehead atoms. The van der Waals surface area contributed by atoms with Crippen molar-refractivity contribution in [1.29, 1.82) is 0 Å². The smallest absolute Gasteiger partial charge is 0.326 e. The number of β-amino-alcohol motifs (C(OH)–C–C–N with tert-alkyl or cyclic N) is 1. The minimum absolute atomic E-state index is 0.0831. The predicted molar refractivity (Wildman–Crippen MR) is 64.1 cm³/mol. The zero-order chi connectivity index (χ0) is 14.9. The molecule has 0 unspecified atom stereocenters. The number of anilines is 1. The van der Waals surface area contributed by atoms with Crippen LogP contribution in [0.15, 0.2) is 18.2 Å². The first kappa shape index (κ1) is 14.2. The molecule has 0 spiro atoms. The first-order chi connectivity index (χ1) is 9.36. The number of urea groups is 1. The molecule has 0 radical (unpaired) electrons. The summed E-state index contributed by atoms with van der Waals surface area (Å²) in [7, 11) is 0. The van der Waals surface area contributed by atoms with Gasteiger partial charge in [0, 0.05) is 24.7 Å². The summed E-state index contributed by atoms with van der Waals surface area (Å²) in [6.45, 7) is -0.152. The largest absolute Gasteiger partial charge is 0.480 e. The summed E-state index contributed by atoms with van der Waals surface area (Å²) in [6, 6.07) is 0.462. The number of carboxylic acid groups (broad SMARTS) is 1. The number of benzene rings is 1. The Morgan fingerprint density at radius 3 is 2.40 bits per heavy atom. The van der Waals surface area contributed by atoms with Crippen LogP contribution >= 0.6 is 0 Å². The summed E-state index contributed by atoms with van der Waals surface area (Å²) in [5.41, 5.74) is -0.127. The summed E-state index contributed by atoms with van der Waals surface area (Å²) in [5, 5.41) is 20.6. The Balaban J connectivity index is 2.13. The topological polar surface area (TPSA) is 89.9 Å². The monoisotopic (exact) mass is 286 g/mol. The molecule has 1 aromatic rings. The second-order valence-corrected chi connectivity index (χ2v) is 4.48. The first-order valence-corrected chi connectivity index (χ1v) is 5.81. The first-order valence-electron chi connectivity index (χ1n) is 5.81. The number of halogens is 2. The van der Waals surface area contributed by atoms with Crippen LogP contribution in [0, 0.1) is 11.6 Å². The van der Waals surface area contributed by atoms with E-state index in [1.165, 1.54) is 0 Å². The number of aliphatic hydroxyl groups is 1. The number of carbonyl (C=O) groups excluding carboxylic acids is 1. The number of carboxylic acids is 1. The highest BCUT2D eigenvalue weighted by Gasteiger charge is 2.39. The van der Waals surface area contributed by atoms with E-state index >= 15 is 0 Å². The molecule has 1 aliphatic rings. The molecule has 8 heteroatoms. The molecule has 1 aromatic carbocycles. The Hall–Kier alpha value is -2.22. The van der Waals surface area contributed by atoms with Gasteiger partial charge in [-0.2, -0.15) is 0 Å². The Bertz CT molecular complexity index is 532. The van der Waals surface area contributed by atoms with E-state index in [1.807, 2.05) is 0 Å². The van der Waals surface area contributed by atoms with Gasteiger partial charge in [0.05, 0.1) is 6.10 Å². The molecular formula is C12H12F2N2O4. The zero-order valence-corrected chi connectivity index (χ0v) is 10.2. The van der Waals surface area contributed by atoms with Gasteiger partial charge < -0.3 is 20.4 Å². The molecule has 0 saturated carbocycles. The van der Waals surface area contributed by atoms with Gasteiger partial charge in [-0.15, -0.1) is 0 Å². The number of rotatable bonds is 2. The lowest BCUT2D eigenvalue weighted by molar-refractivity contribution is -0.141. The fraction of sp³-hybridized carbons (Fsp3) is 0.333. The Kier molecular flexibility index (Phi) is 3.84. The zero-order valence-electron chi connectivity index (χ0n) is 10.2. The maximum absolute atomic E-state index is 13.0. The van der Waals surface area contributed by atoms with Gasteiger partial charge in [0.15, 0.2) is 0 Å².